The lowest BCUT2D eigenvalue weighted by Crippen LogP contribution is -2.16. The van der Waals surface area contributed by atoms with Crippen molar-refractivity contribution < 1.29 is 13.2 Å². The number of hydrogen-bond acceptors (Lipinski definition) is 7. The fourth-order valence-corrected chi connectivity index (χ4v) is 6.57. The van der Waals surface area contributed by atoms with Gasteiger partial charge in [0, 0.05) is 29.8 Å². The zero-order valence-electron chi connectivity index (χ0n) is 21.6. The summed E-state index contributed by atoms with van der Waals surface area (Å²) in [6, 6.07) is 25.5. The molecule has 8 nitrogen and oxygen atoms in total. The van der Waals surface area contributed by atoms with Crippen molar-refractivity contribution in [3.8, 4) is 6.07 Å². The Morgan fingerprint density at radius 2 is 1.82 bits per heavy atom. The number of carbonyl (C=O) groups excluding carboxylic acids is 1. The maximum absolute atomic E-state index is 12.6. The largest absolute Gasteiger partial charge is 0.326 e. The Kier molecular flexibility index (Phi) is 8.43. The highest BCUT2D eigenvalue weighted by Crippen LogP contribution is 2.34. The molecule has 2 N–H and O–H groups in total. The first-order valence-corrected chi connectivity index (χ1v) is 15.3. The molecule has 0 saturated heterocycles. The average Bonchev–Trinajstić information content (AvgIpc) is 2.97. The number of carbonyl (C=O) groups is 1. The SMILES string of the molecule is N#Cc1cc2c(nc1SCCC(=O)Nc1ccc(S(=O)(=O)Nc3ccccn3)cc1)CCC(c1ccccc1)C2. The fourth-order valence-electron chi connectivity index (χ4n) is 4.65. The minimum absolute atomic E-state index is 0.0595. The number of thioether (sulfide) groups is 1. The average molecular weight is 570 g/mol. The quantitative estimate of drug-likeness (QED) is 0.254. The number of rotatable bonds is 9. The van der Waals surface area contributed by atoms with Crippen LogP contribution in [0, 0.1) is 11.3 Å². The van der Waals surface area contributed by atoms with Crippen molar-refractivity contribution in [3.63, 3.8) is 0 Å². The van der Waals surface area contributed by atoms with Crippen molar-refractivity contribution in [1.82, 2.24) is 9.97 Å². The van der Waals surface area contributed by atoms with Gasteiger partial charge in [0.2, 0.25) is 5.91 Å². The van der Waals surface area contributed by atoms with Crippen molar-refractivity contribution >= 4 is 39.2 Å². The van der Waals surface area contributed by atoms with Crippen LogP contribution in [0.15, 0.2) is 95.0 Å². The van der Waals surface area contributed by atoms with E-state index in [1.54, 1.807) is 30.3 Å². The number of nitrogens with one attached hydrogen (secondary N) is 2. The lowest BCUT2D eigenvalue weighted by molar-refractivity contribution is -0.115. The summed E-state index contributed by atoms with van der Waals surface area (Å²) in [6.07, 6.45) is 4.46. The summed E-state index contributed by atoms with van der Waals surface area (Å²) >= 11 is 1.40. The van der Waals surface area contributed by atoms with Gasteiger partial charge in [0.15, 0.2) is 0 Å². The van der Waals surface area contributed by atoms with Crippen molar-refractivity contribution in [1.29, 1.82) is 5.26 Å². The van der Waals surface area contributed by atoms with Gasteiger partial charge in [-0.1, -0.05) is 36.4 Å². The van der Waals surface area contributed by atoms with Gasteiger partial charge in [0.25, 0.3) is 10.0 Å². The zero-order chi connectivity index (χ0) is 28.0. The van der Waals surface area contributed by atoms with E-state index in [-0.39, 0.29) is 23.0 Å². The highest BCUT2D eigenvalue weighted by Gasteiger charge is 2.23. The Hall–Kier alpha value is -4.20. The molecule has 2 heterocycles. The summed E-state index contributed by atoms with van der Waals surface area (Å²) in [6.45, 7) is 0. The van der Waals surface area contributed by atoms with Gasteiger partial charge in [-0.3, -0.25) is 9.52 Å². The van der Waals surface area contributed by atoms with E-state index in [2.05, 4.69) is 45.4 Å². The Balaban J connectivity index is 1.15. The Morgan fingerprint density at radius 1 is 1.05 bits per heavy atom. The first-order chi connectivity index (χ1) is 19.4. The lowest BCUT2D eigenvalue weighted by Gasteiger charge is -2.25. The number of aromatic nitrogens is 2. The highest BCUT2D eigenvalue weighted by molar-refractivity contribution is 7.99. The van der Waals surface area contributed by atoms with Crippen LogP contribution < -0.4 is 10.0 Å². The molecule has 0 spiro atoms. The summed E-state index contributed by atoms with van der Waals surface area (Å²) in [4.78, 5) is 21.4. The van der Waals surface area contributed by atoms with E-state index in [1.165, 1.54) is 35.7 Å². The van der Waals surface area contributed by atoms with E-state index in [4.69, 9.17) is 4.98 Å². The van der Waals surface area contributed by atoms with E-state index < -0.39 is 10.0 Å². The number of sulfonamides is 1. The third kappa shape index (κ3) is 6.68. The molecule has 1 amide bonds. The molecule has 202 valence electrons. The number of nitrogens with zero attached hydrogens (tertiary/aromatic N) is 3. The molecule has 0 aliphatic heterocycles. The molecule has 10 heteroatoms. The molecule has 1 aliphatic rings. The number of nitriles is 1. The second-order valence-electron chi connectivity index (χ2n) is 9.40. The second kappa shape index (κ2) is 12.3. The predicted molar refractivity (Wildman–Crippen MR) is 156 cm³/mol. The molecule has 1 aliphatic carbocycles. The molecule has 0 saturated carbocycles. The first kappa shape index (κ1) is 27.4. The van der Waals surface area contributed by atoms with Gasteiger partial charge in [-0.2, -0.15) is 5.26 Å². The third-order valence-electron chi connectivity index (χ3n) is 6.66. The molecule has 4 aromatic rings. The molecule has 40 heavy (non-hydrogen) atoms. The predicted octanol–water partition coefficient (Wildman–Crippen LogP) is 5.54. The van der Waals surface area contributed by atoms with Gasteiger partial charge in [0.1, 0.15) is 16.9 Å². The van der Waals surface area contributed by atoms with Crippen LogP contribution in [0.4, 0.5) is 11.5 Å². The Labute approximate surface area is 237 Å². The monoisotopic (exact) mass is 569 g/mol. The van der Waals surface area contributed by atoms with E-state index in [0.717, 1.165) is 30.5 Å². The molecular formula is C30H27N5O3S2. The van der Waals surface area contributed by atoms with Crippen molar-refractivity contribution in [2.75, 3.05) is 15.8 Å². The summed E-state index contributed by atoms with van der Waals surface area (Å²) in [7, 11) is -3.80. The third-order valence-corrected chi connectivity index (χ3v) is 9.03. The van der Waals surface area contributed by atoms with Crippen LogP contribution in [0.5, 0.6) is 0 Å². The van der Waals surface area contributed by atoms with E-state index in [1.807, 2.05) is 12.1 Å². The number of anilines is 2. The van der Waals surface area contributed by atoms with E-state index in [9.17, 15) is 18.5 Å². The van der Waals surface area contributed by atoms with Crippen LogP contribution in [-0.4, -0.2) is 30.0 Å². The second-order valence-corrected chi connectivity index (χ2v) is 12.2. The maximum atomic E-state index is 12.6. The minimum Gasteiger partial charge on any atom is -0.326 e. The van der Waals surface area contributed by atoms with Crippen molar-refractivity contribution in [3.05, 3.63) is 107 Å². The summed E-state index contributed by atoms with van der Waals surface area (Å²) in [5.41, 5.74) is 4.50. The van der Waals surface area contributed by atoms with E-state index in [0.29, 0.717) is 27.9 Å². The van der Waals surface area contributed by atoms with Gasteiger partial charge < -0.3 is 5.32 Å². The topological polar surface area (TPSA) is 125 Å². The molecular weight excluding hydrogens is 542 g/mol. The fraction of sp³-hybridized carbons (Fsp3) is 0.200. The molecule has 0 fully saturated rings. The number of aryl methyl sites for hydroxylation is 1. The molecule has 0 radical (unpaired) electrons. The van der Waals surface area contributed by atoms with Gasteiger partial charge in [-0.25, -0.2) is 18.4 Å². The van der Waals surface area contributed by atoms with Crippen LogP contribution in [0.25, 0.3) is 0 Å². The normalized spacial score (nSPS) is 14.5. The molecule has 1 atom stereocenters. The van der Waals surface area contributed by atoms with Crippen LogP contribution in [0.1, 0.15) is 41.1 Å². The molecule has 1 unspecified atom stereocenters. The molecule has 5 rings (SSSR count). The number of pyridine rings is 2. The standard InChI is InChI=1S/C30H27N5O3S2/c31-20-24-19-23-18-22(21-6-2-1-3-7-21)9-14-27(23)34-30(24)39-17-15-29(36)33-25-10-12-26(13-11-25)40(37,38)35-28-8-4-5-16-32-28/h1-8,10-13,16,19,22H,9,14-15,17-18H2,(H,32,35)(H,33,36). The smallest absolute Gasteiger partial charge is 0.263 e. The van der Waals surface area contributed by atoms with Gasteiger partial charge in [-0.05, 0) is 78.8 Å². The first-order valence-electron chi connectivity index (χ1n) is 12.9. The van der Waals surface area contributed by atoms with E-state index >= 15 is 0 Å². The van der Waals surface area contributed by atoms with Crippen LogP contribution >= 0.6 is 11.8 Å². The van der Waals surface area contributed by atoms with Gasteiger partial charge in [-0.15, -0.1) is 11.8 Å². The van der Waals surface area contributed by atoms with Crippen LogP contribution in [0.2, 0.25) is 0 Å². The number of benzene rings is 2. The maximum Gasteiger partial charge on any atom is 0.263 e. The lowest BCUT2D eigenvalue weighted by atomic mass is 9.82. The van der Waals surface area contributed by atoms with Gasteiger partial charge >= 0.3 is 0 Å². The van der Waals surface area contributed by atoms with Crippen LogP contribution in [0.3, 0.4) is 0 Å². The van der Waals surface area contributed by atoms with Gasteiger partial charge in [0.05, 0.1) is 10.5 Å². The summed E-state index contributed by atoms with van der Waals surface area (Å²) in [5, 5.41) is 13.2. The summed E-state index contributed by atoms with van der Waals surface area (Å²) in [5.74, 6) is 0.897. The van der Waals surface area contributed by atoms with Crippen molar-refractivity contribution in [2.24, 2.45) is 0 Å². The Morgan fingerprint density at radius 3 is 2.55 bits per heavy atom. The zero-order valence-corrected chi connectivity index (χ0v) is 23.2. The number of hydrogen-bond donors (Lipinski definition) is 2. The number of amides is 1. The highest BCUT2D eigenvalue weighted by atomic mass is 32.2. The van der Waals surface area contributed by atoms with Crippen LogP contribution in [-0.2, 0) is 27.7 Å². The number of fused-ring (bicyclic) bond motifs is 1. The molecule has 2 aromatic carbocycles. The summed E-state index contributed by atoms with van der Waals surface area (Å²) < 4.78 is 27.5. The Bertz CT molecular complexity index is 1640. The minimum atomic E-state index is -3.80. The van der Waals surface area contributed by atoms with Crippen molar-refractivity contribution in [2.45, 2.75) is 41.5 Å². The molecule has 2 aromatic heterocycles. The molecule has 0 bridgehead atoms.